The van der Waals surface area contributed by atoms with Gasteiger partial charge in [0.1, 0.15) is 0 Å². The first-order valence-electron chi connectivity index (χ1n) is 1.29. The molecule has 0 aromatic rings. The average Bonchev–Trinajstić information content (AvgIpc) is 1.61. The Kier molecular flexibility index (Phi) is 4.68. The first-order chi connectivity index (χ1) is 2.91. The summed E-state index contributed by atoms with van der Waals surface area (Å²) in [4.78, 5) is 9.17. The van der Waals surface area contributed by atoms with Crippen LogP contribution in [0.3, 0.4) is 0 Å². The average molecular weight is 104 g/mol. The summed E-state index contributed by atoms with van der Waals surface area (Å²) in [6.45, 7) is 1.24. The molecule has 0 spiro atoms. The molecule has 3 heteroatoms. The van der Waals surface area contributed by atoms with Gasteiger partial charge in [0, 0.05) is 0 Å². The molecule has 0 heterocycles. The molecule has 0 aliphatic heterocycles. The molecule has 0 aliphatic rings. The van der Waals surface area contributed by atoms with Crippen LogP contribution < -0.4 is 0 Å². The predicted molar refractivity (Wildman–Crippen MR) is 24.6 cm³/mol. The summed E-state index contributed by atoms with van der Waals surface area (Å²) in [5, 5.41) is 0. The Morgan fingerprint density at radius 3 is 2.83 bits per heavy atom. The number of rotatable bonds is 3. The van der Waals surface area contributed by atoms with Gasteiger partial charge in [0.15, 0.2) is 5.94 Å². The number of ether oxygens (including phenoxy) is 1. The maximum Gasteiger partial charge on any atom is 0.418 e. The number of carbonyl (C=O) groups excluding carboxylic acids is 1. The van der Waals surface area contributed by atoms with E-state index in [0.717, 1.165) is 0 Å². The molecule has 0 aliphatic carbocycles. The highest BCUT2D eigenvalue weighted by Crippen LogP contribution is 1.95. The van der Waals surface area contributed by atoms with Gasteiger partial charge in [0.2, 0.25) is 0 Å². The van der Waals surface area contributed by atoms with Crippen LogP contribution in [0.5, 0.6) is 0 Å². The van der Waals surface area contributed by atoms with Crippen molar-refractivity contribution in [2.24, 2.45) is 0 Å². The summed E-state index contributed by atoms with van der Waals surface area (Å²) in [6.07, 6.45) is 1.79. The molecule has 6 heavy (non-hydrogen) atoms. The Morgan fingerprint density at radius 1 is 2.00 bits per heavy atom. The normalized spacial score (nSPS) is 7.50. The van der Waals surface area contributed by atoms with E-state index in [-0.39, 0.29) is 0 Å². The zero-order chi connectivity index (χ0) is 4.83. The molecule has 2 nitrogen and oxygen atoms in total. The van der Waals surface area contributed by atoms with E-state index in [4.69, 9.17) is 0 Å². The Morgan fingerprint density at radius 2 is 2.67 bits per heavy atom. The van der Waals surface area contributed by atoms with Crippen molar-refractivity contribution in [1.29, 1.82) is 0 Å². The predicted octanol–water partition coefficient (Wildman–Crippen LogP) is 0.552. The Labute approximate surface area is 40.9 Å². The second-order valence-electron chi connectivity index (χ2n) is 0.533. The van der Waals surface area contributed by atoms with Gasteiger partial charge in [0.25, 0.3) is 0 Å². The SMILES string of the molecule is CS[CH]O[C]=O. The minimum atomic E-state index is 1.24. The molecule has 0 unspecified atom stereocenters. The zero-order valence-electron chi connectivity index (χ0n) is 3.30. The van der Waals surface area contributed by atoms with Crippen molar-refractivity contribution >= 4 is 18.2 Å². The number of hydrogen-bond donors (Lipinski definition) is 0. The highest BCUT2D eigenvalue weighted by molar-refractivity contribution is 8.00. The molecule has 34 valence electrons. The summed E-state index contributed by atoms with van der Waals surface area (Å²) in [5.41, 5.74) is 0. The van der Waals surface area contributed by atoms with Gasteiger partial charge in [-0.05, 0) is 6.26 Å². The summed E-state index contributed by atoms with van der Waals surface area (Å²) in [5.74, 6) is 1.30. The highest BCUT2D eigenvalue weighted by Gasteiger charge is 1.75. The van der Waals surface area contributed by atoms with Crippen LogP contribution in [-0.4, -0.2) is 12.7 Å². The van der Waals surface area contributed by atoms with Crippen LogP contribution in [0.1, 0.15) is 0 Å². The Hall–Kier alpha value is -0.180. The molecule has 0 saturated heterocycles. The molecule has 0 N–H and O–H groups in total. The van der Waals surface area contributed by atoms with Gasteiger partial charge in [-0.2, -0.15) is 0 Å². The van der Waals surface area contributed by atoms with E-state index in [9.17, 15) is 4.79 Å². The maximum absolute atomic E-state index is 9.17. The van der Waals surface area contributed by atoms with Gasteiger partial charge in [-0.3, -0.25) is 0 Å². The minimum absolute atomic E-state index is 1.24. The lowest BCUT2D eigenvalue weighted by Gasteiger charge is -1.82. The van der Waals surface area contributed by atoms with Gasteiger partial charge in [0.05, 0.1) is 0 Å². The van der Waals surface area contributed by atoms with Crippen LogP contribution in [-0.2, 0) is 9.53 Å². The largest absolute Gasteiger partial charge is 0.438 e. The molecule has 0 fully saturated rings. The van der Waals surface area contributed by atoms with Crippen LogP contribution in [0, 0.1) is 5.94 Å². The second kappa shape index (κ2) is 4.82. The van der Waals surface area contributed by atoms with Crippen molar-refractivity contribution < 1.29 is 9.53 Å². The summed E-state index contributed by atoms with van der Waals surface area (Å²) < 4.78 is 4.02. The van der Waals surface area contributed by atoms with Crippen molar-refractivity contribution in [1.82, 2.24) is 0 Å². The van der Waals surface area contributed by atoms with Crippen molar-refractivity contribution in [2.75, 3.05) is 6.26 Å². The van der Waals surface area contributed by atoms with Crippen LogP contribution in [0.4, 0.5) is 0 Å². The molecule has 0 saturated carbocycles. The van der Waals surface area contributed by atoms with Gasteiger partial charge >= 0.3 is 6.47 Å². The molecular weight excluding hydrogens is 100 g/mol. The Balaban J connectivity index is 2.49. The number of thioether (sulfide) groups is 1. The van der Waals surface area contributed by atoms with Crippen molar-refractivity contribution in [2.45, 2.75) is 0 Å². The van der Waals surface area contributed by atoms with E-state index in [0.29, 0.717) is 0 Å². The molecular formula is C3H4O2S. The van der Waals surface area contributed by atoms with E-state index in [1.165, 1.54) is 24.2 Å². The van der Waals surface area contributed by atoms with Crippen LogP contribution in [0.25, 0.3) is 0 Å². The maximum atomic E-state index is 9.17. The second-order valence-corrected chi connectivity index (χ2v) is 1.20. The van der Waals surface area contributed by atoms with E-state index in [1.807, 2.05) is 0 Å². The third-order valence-corrected chi connectivity index (χ3v) is 0.481. The lowest BCUT2D eigenvalue weighted by Crippen LogP contribution is -1.74. The van der Waals surface area contributed by atoms with Crippen molar-refractivity contribution in [3.8, 4) is 0 Å². The smallest absolute Gasteiger partial charge is 0.418 e. The quantitative estimate of drug-likeness (QED) is 0.489. The molecule has 2 radical (unpaired) electrons. The monoisotopic (exact) mass is 104 g/mol. The van der Waals surface area contributed by atoms with Gasteiger partial charge in [-0.1, -0.05) is 0 Å². The molecule has 0 atom stereocenters. The lowest BCUT2D eigenvalue weighted by atomic mass is 11.5. The highest BCUT2D eigenvalue weighted by atomic mass is 32.2. The topological polar surface area (TPSA) is 26.3 Å². The van der Waals surface area contributed by atoms with E-state index >= 15 is 0 Å². The molecule has 0 aromatic heterocycles. The van der Waals surface area contributed by atoms with E-state index < -0.39 is 0 Å². The molecule has 0 amide bonds. The minimum Gasteiger partial charge on any atom is -0.438 e. The third kappa shape index (κ3) is 3.82. The summed E-state index contributed by atoms with van der Waals surface area (Å²) in [7, 11) is 0. The van der Waals surface area contributed by atoms with Crippen molar-refractivity contribution in [3.63, 3.8) is 0 Å². The van der Waals surface area contributed by atoms with Gasteiger partial charge in [-0.25, -0.2) is 4.79 Å². The van der Waals surface area contributed by atoms with Crippen molar-refractivity contribution in [3.05, 3.63) is 5.94 Å². The van der Waals surface area contributed by atoms with E-state index in [1.54, 1.807) is 6.26 Å². The summed E-state index contributed by atoms with van der Waals surface area (Å²) in [6, 6.07) is 0. The van der Waals surface area contributed by atoms with E-state index in [2.05, 4.69) is 4.74 Å². The third-order valence-electron chi connectivity index (χ3n) is 0.192. The summed E-state index contributed by atoms with van der Waals surface area (Å²) >= 11 is 1.32. The fourth-order valence-corrected chi connectivity index (χ4v) is 0.203. The first kappa shape index (κ1) is 5.82. The lowest BCUT2D eigenvalue weighted by molar-refractivity contribution is 0.382. The molecule has 0 aromatic carbocycles. The standard InChI is InChI=1S/C3H4O2S/c1-6-3-5-2-4/h3H,1H3. The van der Waals surface area contributed by atoms with Crippen LogP contribution in [0.15, 0.2) is 0 Å². The molecule has 0 rings (SSSR count). The zero-order valence-corrected chi connectivity index (χ0v) is 4.12. The van der Waals surface area contributed by atoms with Crippen LogP contribution >= 0.6 is 11.8 Å². The Bertz CT molecular complexity index is 37.8. The number of hydrogen-bond acceptors (Lipinski definition) is 3. The fraction of sp³-hybridized carbons (Fsp3) is 0.333. The van der Waals surface area contributed by atoms with Gasteiger partial charge in [-0.15, -0.1) is 11.8 Å². The fourth-order valence-electron chi connectivity index (χ4n) is 0.0678. The van der Waals surface area contributed by atoms with Gasteiger partial charge < -0.3 is 4.74 Å². The molecule has 0 bridgehead atoms. The van der Waals surface area contributed by atoms with Crippen LogP contribution in [0.2, 0.25) is 0 Å². The first-order valence-corrected chi connectivity index (χ1v) is 2.58.